The van der Waals surface area contributed by atoms with Crippen LogP contribution >= 0.6 is 15.9 Å². The van der Waals surface area contributed by atoms with Crippen molar-refractivity contribution in [3.8, 4) is 5.69 Å². The molecular weight excluding hydrogens is 276 g/mol. The maximum atomic E-state index is 10.6. The van der Waals surface area contributed by atoms with Crippen LogP contribution in [0.5, 0.6) is 0 Å². The normalized spacial score (nSPS) is 10.4. The fourth-order valence-corrected chi connectivity index (χ4v) is 1.72. The molecule has 0 aliphatic carbocycles. The van der Waals surface area contributed by atoms with Gasteiger partial charge >= 0.3 is 5.97 Å². The summed E-state index contributed by atoms with van der Waals surface area (Å²) in [6, 6.07) is 5.50. The van der Waals surface area contributed by atoms with Crippen LogP contribution in [0.3, 0.4) is 0 Å². The van der Waals surface area contributed by atoms with Crippen LogP contribution < -0.4 is 0 Å². The molecule has 6 nitrogen and oxygen atoms in total. The molecule has 1 aromatic heterocycles. The second-order valence-electron chi connectivity index (χ2n) is 3.14. The van der Waals surface area contributed by atoms with E-state index in [1.165, 1.54) is 4.80 Å². The van der Waals surface area contributed by atoms with Gasteiger partial charge in [0.1, 0.15) is 0 Å². The number of nitrogens with zero attached hydrogens (tertiary/aromatic N) is 4. The van der Waals surface area contributed by atoms with E-state index in [9.17, 15) is 4.79 Å². The lowest BCUT2D eigenvalue weighted by Gasteiger charge is -2.02. The molecule has 0 unspecified atom stereocenters. The van der Waals surface area contributed by atoms with Crippen LogP contribution in [0.25, 0.3) is 5.69 Å². The van der Waals surface area contributed by atoms with E-state index >= 15 is 0 Å². The zero-order valence-corrected chi connectivity index (χ0v) is 9.84. The minimum absolute atomic E-state index is 0.317. The number of rotatable bonds is 2. The summed E-state index contributed by atoms with van der Waals surface area (Å²) in [4.78, 5) is 11.8. The molecule has 1 aromatic carbocycles. The first kappa shape index (κ1) is 10.7. The van der Waals surface area contributed by atoms with E-state index in [4.69, 9.17) is 5.11 Å². The lowest BCUT2D eigenvalue weighted by molar-refractivity contribution is 0.0683. The second-order valence-corrected chi connectivity index (χ2v) is 4.05. The molecule has 0 aliphatic rings. The van der Waals surface area contributed by atoms with Crippen LogP contribution in [0.2, 0.25) is 0 Å². The smallest absolute Gasteiger partial charge is 0.377 e. The highest BCUT2D eigenvalue weighted by molar-refractivity contribution is 9.10. The predicted molar refractivity (Wildman–Crippen MR) is 58.6 cm³/mol. The fourth-order valence-electron chi connectivity index (χ4n) is 1.25. The van der Waals surface area contributed by atoms with E-state index in [1.807, 2.05) is 19.1 Å². The Hall–Kier alpha value is -1.76. The van der Waals surface area contributed by atoms with Gasteiger partial charge in [0.25, 0.3) is 5.82 Å². The van der Waals surface area contributed by atoms with E-state index in [2.05, 4.69) is 31.3 Å². The number of hydrogen-bond donors (Lipinski definition) is 1. The van der Waals surface area contributed by atoms with Gasteiger partial charge in [-0.3, -0.25) is 0 Å². The monoisotopic (exact) mass is 282 g/mol. The summed E-state index contributed by atoms with van der Waals surface area (Å²) in [5.41, 5.74) is 1.62. The highest BCUT2D eigenvalue weighted by Gasteiger charge is 2.12. The van der Waals surface area contributed by atoms with Crippen molar-refractivity contribution in [2.24, 2.45) is 0 Å². The van der Waals surface area contributed by atoms with Crippen molar-refractivity contribution in [1.29, 1.82) is 0 Å². The lowest BCUT2D eigenvalue weighted by atomic mass is 10.2. The van der Waals surface area contributed by atoms with Crippen molar-refractivity contribution < 1.29 is 9.90 Å². The zero-order chi connectivity index (χ0) is 11.7. The number of carboxylic acids is 1. The molecule has 16 heavy (non-hydrogen) atoms. The van der Waals surface area contributed by atoms with Gasteiger partial charge < -0.3 is 5.11 Å². The van der Waals surface area contributed by atoms with Crippen LogP contribution in [0, 0.1) is 6.92 Å². The first-order valence-electron chi connectivity index (χ1n) is 4.38. The van der Waals surface area contributed by atoms with Crippen molar-refractivity contribution in [2.75, 3.05) is 0 Å². The minimum atomic E-state index is -1.19. The van der Waals surface area contributed by atoms with Gasteiger partial charge in [-0.1, -0.05) is 15.9 Å². The third-order valence-corrected chi connectivity index (χ3v) is 2.47. The highest BCUT2D eigenvalue weighted by atomic mass is 79.9. The van der Waals surface area contributed by atoms with Crippen molar-refractivity contribution in [3.05, 3.63) is 34.1 Å². The molecule has 2 rings (SSSR count). The molecule has 82 valence electrons. The molecule has 0 saturated carbocycles. The van der Waals surface area contributed by atoms with E-state index < -0.39 is 5.97 Å². The minimum Gasteiger partial charge on any atom is -0.475 e. The summed E-state index contributed by atoms with van der Waals surface area (Å²) in [6.45, 7) is 1.88. The van der Waals surface area contributed by atoms with E-state index in [-0.39, 0.29) is 5.82 Å². The number of aryl methyl sites for hydroxylation is 1. The third kappa shape index (κ3) is 1.94. The predicted octanol–water partition coefficient (Wildman–Crippen LogP) is 1.43. The van der Waals surface area contributed by atoms with Gasteiger partial charge in [-0.15, -0.1) is 15.0 Å². The van der Waals surface area contributed by atoms with Crippen LogP contribution in [-0.4, -0.2) is 31.3 Å². The number of hydrogen-bond acceptors (Lipinski definition) is 4. The summed E-state index contributed by atoms with van der Waals surface area (Å²) in [7, 11) is 0. The molecule has 0 aliphatic heterocycles. The number of carbonyl (C=O) groups is 1. The Labute approximate surface area is 99.0 Å². The number of aromatic carboxylic acids is 1. The maximum Gasteiger partial charge on any atom is 0.377 e. The Morgan fingerprint density at radius 3 is 2.81 bits per heavy atom. The van der Waals surface area contributed by atoms with Gasteiger partial charge in [0.15, 0.2) is 0 Å². The van der Waals surface area contributed by atoms with E-state index in [0.29, 0.717) is 5.69 Å². The number of halogens is 1. The van der Waals surface area contributed by atoms with Crippen LogP contribution in [0.4, 0.5) is 0 Å². The van der Waals surface area contributed by atoms with Crippen molar-refractivity contribution >= 4 is 21.9 Å². The summed E-state index contributed by atoms with van der Waals surface area (Å²) in [5, 5.41) is 19.5. The average molecular weight is 283 g/mol. The maximum absolute atomic E-state index is 10.6. The molecule has 1 heterocycles. The molecule has 0 bridgehead atoms. The summed E-state index contributed by atoms with van der Waals surface area (Å²) in [5.74, 6) is -1.51. The van der Waals surface area contributed by atoms with Crippen molar-refractivity contribution in [2.45, 2.75) is 6.92 Å². The van der Waals surface area contributed by atoms with Crippen LogP contribution in [0.15, 0.2) is 22.7 Å². The Kier molecular flexibility index (Phi) is 2.69. The molecular formula is C9H7BrN4O2. The molecule has 0 saturated heterocycles. The molecule has 7 heteroatoms. The van der Waals surface area contributed by atoms with Gasteiger partial charge in [0.2, 0.25) is 0 Å². The fraction of sp³-hybridized carbons (Fsp3) is 0.111. The van der Waals surface area contributed by atoms with Crippen LogP contribution in [0.1, 0.15) is 16.2 Å². The summed E-state index contributed by atoms with van der Waals surface area (Å²) < 4.78 is 0.937. The zero-order valence-electron chi connectivity index (χ0n) is 8.25. The molecule has 0 spiro atoms. The first-order valence-corrected chi connectivity index (χ1v) is 5.17. The molecule has 0 radical (unpaired) electrons. The first-order chi connectivity index (χ1) is 7.58. The third-order valence-electron chi connectivity index (χ3n) is 1.98. The highest BCUT2D eigenvalue weighted by Crippen LogP contribution is 2.17. The van der Waals surface area contributed by atoms with Crippen LogP contribution in [-0.2, 0) is 0 Å². The number of tetrazole rings is 1. The molecule has 0 atom stereocenters. The number of aromatic nitrogens is 4. The van der Waals surface area contributed by atoms with Gasteiger partial charge in [0, 0.05) is 4.47 Å². The Morgan fingerprint density at radius 2 is 2.25 bits per heavy atom. The molecule has 0 fully saturated rings. The largest absolute Gasteiger partial charge is 0.475 e. The van der Waals surface area contributed by atoms with E-state index in [1.54, 1.807) is 6.07 Å². The lowest BCUT2D eigenvalue weighted by Crippen LogP contribution is -2.03. The molecule has 0 amide bonds. The Morgan fingerprint density at radius 1 is 1.50 bits per heavy atom. The molecule has 2 aromatic rings. The quantitative estimate of drug-likeness (QED) is 0.901. The Bertz CT molecular complexity index is 552. The van der Waals surface area contributed by atoms with Crippen molar-refractivity contribution in [1.82, 2.24) is 20.2 Å². The number of carboxylic acid groups (broad SMARTS) is 1. The van der Waals surface area contributed by atoms with Crippen molar-refractivity contribution in [3.63, 3.8) is 0 Å². The van der Waals surface area contributed by atoms with E-state index in [0.717, 1.165) is 10.0 Å². The average Bonchev–Trinajstić information content (AvgIpc) is 2.66. The van der Waals surface area contributed by atoms with Gasteiger partial charge in [-0.25, -0.2) is 4.79 Å². The summed E-state index contributed by atoms with van der Waals surface area (Å²) >= 11 is 3.34. The second kappa shape index (κ2) is 4.01. The standard InChI is InChI=1S/C9H7BrN4O2/c1-5-4-6(10)2-3-7(5)14-12-8(9(15)16)11-13-14/h2-4H,1H3,(H,15,16). The topological polar surface area (TPSA) is 80.9 Å². The Balaban J connectivity index is 2.46. The number of benzene rings is 1. The summed E-state index contributed by atoms with van der Waals surface area (Å²) in [6.07, 6.45) is 0. The van der Waals surface area contributed by atoms with Gasteiger partial charge in [-0.2, -0.15) is 0 Å². The van der Waals surface area contributed by atoms with Gasteiger partial charge in [0.05, 0.1) is 5.69 Å². The molecule has 1 N–H and O–H groups in total. The SMILES string of the molecule is Cc1cc(Br)ccc1-n1nnc(C(=O)O)n1. The van der Waals surface area contributed by atoms with Gasteiger partial charge in [-0.05, 0) is 35.9 Å².